The number of thiophene rings is 1. The molecule has 5 heteroatoms. The van der Waals surface area contributed by atoms with E-state index in [1.54, 1.807) is 11.3 Å². The van der Waals surface area contributed by atoms with Gasteiger partial charge in [-0.25, -0.2) is 0 Å². The van der Waals surface area contributed by atoms with Crippen molar-refractivity contribution in [3.63, 3.8) is 0 Å². The molecule has 0 unspecified atom stereocenters. The van der Waals surface area contributed by atoms with Crippen molar-refractivity contribution in [1.29, 1.82) is 0 Å². The van der Waals surface area contributed by atoms with Gasteiger partial charge in [-0.3, -0.25) is 9.59 Å². The van der Waals surface area contributed by atoms with Crippen LogP contribution in [0.2, 0.25) is 0 Å². The number of hydrogen-bond acceptors (Lipinski definition) is 3. The maximum Gasteiger partial charge on any atom is 0.254 e. The lowest BCUT2D eigenvalue weighted by atomic mass is 9.92. The molecule has 1 aromatic rings. The second-order valence-electron chi connectivity index (χ2n) is 7.71. The molecule has 0 N–H and O–H groups in total. The SMILES string of the molecule is O=C(c1csc2c1CCCC2)N1CCC(C(=O)N2CCCCC2)CC1. The van der Waals surface area contributed by atoms with Crippen molar-refractivity contribution in [2.45, 2.75) is 57.8 Å². The molecule has 2 aliphatic heterocycles. The third-order valence-corrected chi connectivity index (χ3v) is 7.18. The van der Waals surface area contributed by atoms with Gasteiger partial charge in [0, 0.05) is 42.4 Å². The van der Waals surface area contributed by atoms with Crippen molar-refractivity contribution in [3.05, 3.63) is 21.4 Å². The summed E-state index contributed by atoms with van der Waals surface area (Å²) in [5, 5.41) is 2.07. The summed E-state index contributed by atoms with van der Waals surface area (Å²) in [6, 6.07) is 0. The van der Waals surface area contributed by atoms with Crippen molar-refractivity contribution in [2.24, 2.45) is 5.92 Å². The van der Waals surface area contributed by atoms with E-state index in [9.17, 15) is 9.59 Å². The molecule has 2 amide bonds. The fourth-order valence-corrected chi connectivity index (χ4v) is 5.67. The Kier molecular flexibility index (Phi) is 5.11. The normalized spacial score (nSPS) is 21.9. The molecule has 2 saturated heterocycles. The molecule has 1 aliphatic carbocycles. The van der Waals surface area contributed by atoms with Gasteiger partial charge in [0.05, 0.1) is 5.56 Å². The Balaban J connectivity index is 1.36. The minimum Gasteiger partial charge on any atom is -0.342 e. The highest BCUT2D eigenvalue weighted by Crippen LogP contribution is 2.32. The van der Waals surface area contributed by atoms with Crippen LogP contribution < -0.4 is 0 Å². The van der Waals surface area contributed by atoms with Crippen LogP contribution in [0, 0.1) is 5.92 Å². The van der Waals surface area contributed by atoms with Crippen molar-refractivity contribution in [2.75, 3.05) is 26.2 Å². The first-order valence-corrected chi connectivity index (χ1v) is 10.8. The summed E-state index contributed by atoms with van der Waals surface area (Å²) in [4.78, 5) is 31.1. The van der Waals surface area contributed by atoms with Gasteiger partial charge in [-0.2, -0.15) is 0 Å². The van der Waals surface area contributed by atoms with E-state index < -0.39 is 0 Å². The van der Waals surface area contributed by atoms with Gasteiger partial charge in [0.15, 0.2) is 0 Å². The molecule has 0 saturated carbocycles. The van der Waals surface area contributed by atoms with E-state index in [1.807, 2.05) is 4.90 Å². The molecule has 3 aliphatic rings. The van der Waals surface area contributed by atoms with Crippen LogP contribution in [0.25, 0.3) is 0 Å². The lowest BCUT2D eigenvalue weighted by Gasteiger charge is -2.35. The van der Waals surface area contributed by atoms with Crippen LogP contribution in [-0.2, 0) is 17.6 Å². The molecule has 0 spiro atoms. The molecule has 0 atom stereocenters. The van der Waals surface area contributed by atoms with E-state index in [-0.39, 0.29) is 11.8 Å². The van der Waals surface area contributed by atoms with Crippen molar-refractivity contribution in [1.82, 2.24) is 9.80 Å². The first kappa shape index (κ1) is 17.1. The Labute approximate surface area is 154 Å². The molecule has 136 valence electrons. The van der Waals surface area contributed by atoms with Gasteiger partial charge in [-0.1, -0.05) is 0 Å². The van der Waals surface area contributed by atoms with Gasteiger partial charge in [0.1, 0.15) is 0 Å². The van der Waals surface area contributed by atoms with Crippen LogP contribution in [0.5, 0.6) is 0 Å². The quantitative estimate of drug-likeness (QED) is 0.810. The first-order chi connectivity index (χ1) is 12.2. The Morgan fingerprint density at radius 3 is 2.36 bits per heavy atom. The molecule has 3 heterocycles. The number of aryl methyl sites for hydroxylation is 1. The van der Waals surface area contributed by atoms with Crippen LogP contribution in [-0.4, -0.2) is 47.8 Å². The van der Waals surface area contributed by atoms with E-state index >= 15 is 0 Å². The number of carbonyl (C=O) groups excluding carboxylic acids is 2. The Morgan fingerprint density at radius 1 is 0.880 bits per heavy atom. The number of fused-ring (bicyclic) bond motifs is 1. The van der Waals surface area contributed by atoms with Gasteiger partial charge in [-0.15, -0.1) is 11.3 Å². The van der Waals surface area contributed by atoms with Gasteiger partial charge in [0.25, 0.3) is 5.91 Å². The van der Waals surface area contributed by atoms with E-state index in [1.165, 1.54) is 29.7 Å². The van der Waals surface area contributed by atoms with Crippen LogP contribution in [0.4, 0.5) is 0 Å². The summed E-state index contributed by atoms with van der Waals surface area (Å²) in [6.45, 7) is 3.32. The highest BCUT2D eigenvalue weighted by molar-refractivity contribution is 7.10. The van der Waals surface area contributed by atoms with Crippen LogP contribution in [0.1, 0.15) is 65.7 Å². The van der Waals surface area contributed by atoms with Gasteiger partial charge < -0.3 is 9.80 Å². The lowest BCUT2D eigenvalue weighted by molar-refractivity contribution is -0.137. The van der Waals surface area contributed by atoms with Crippen LogP contribution in [0.15, 0.2) is 5.38 Å². The molecular weight excluding hydrogens is 332 g/mol. The maximum absolute atomic E-state index is 12.9. The number of likely N-dealkylation sites (tertiary alicyclic amines) is 2. The van der Waals surface area contributed by atoms with Crippen molar-refractivity contribution < 1.29 is 9.59 Å². The van der Waals surface area contributed by atoms with E-state index in [0.29, 0.717) is 5.91 Å². The summed E-state index contributed by atoms with van der Waals surface area (Å²) >= 11 is 1.76. The van der Waals surface area contributed by atoms with Crippen LogP contribution >= 0.6 is 11.3 Å². The first-order valence-electron chi connectivity index (χ1n) is 9.91. The molecular formula is C20H28N2O2S. The highest BCUT2D eigenvalue weighted by atomic mass is 32.1. The predicted molar refractivity (Wildman–Crippen MR) is 100 cm³/mol. The fraction of sp³-hybridized carbons (Fsp3) is 0.700. The Bertz CT molecular complexity index is 640. The number of rotatable bonds is 2. The lowest BCUT2D eigenvalue weighted by Crippen LogP contribution is -2.45. The highest BCUT2D eigenvalue weighted by Gasteiger charge is 2.32. The van der Waals surface area contributed by atoms with Gasteiger partial charge in [-0.05, 0) is 63.4 Å². The van der Waals surface area contributed by atoms with Crippen LogP contribution in [0.3, 0.4) is 0 Å². The molecule has 0 aromatic carbocycles. The second-order valence-corrected chi connectivity index (χ2v) is 8.67. The van der Waals surface area contributed by atoms with E-state index in [2.05, 4.69) is 10.3 Å². The van der Waals surface area contributed by atoms with E-state index in [4.69, 9.17) is 0 Å². The van der Waals surface area contributed by atoms with Crippen molar-refractivity contribution in [3.8, 4) is 0 Å². The minimum atomic E-state index is 0.124. The standard InChI is InChI=1S/C20H28N2O2S/c23-19(21-10-4-1-5-11-21)15-8-12-22(13-9-15)20(24)17-14-25-18-7-3-2-6-16(17)18/h14-15H,1-13H2. The summed E-state index contributed by atoms with van der Waals surface area (Å²) in [5.74, 6) is 0.654. The van der Waals surface area contributed by atoms with E-state index in [0.717, 1.165) is 70.3 Å². The van der Waals surface area contributed by atoms with Gasteiger partial charge >= 0.3 is 0 Å². The molecule has 0 radical (unpaired) electrons. The smallest absolute Gasteiger partial charge is 0.254 e. The number of amides is 2. The predicted octanol–water partition coefficient (Wildman–Crippen LogP) is 3.49. The Hall–Kier alpha value is -1.36. The summed E-state index contributed by atoms with van der Waals surface area (Å²) in [5.41, 5.74) is 2.26. The molecule has 25 heavy (non-hydrogen) atoms. The number of nitrogens with zero attached hydrogens (tertiary/aromatic N) is 2. The third kappa shape index (κ3) is 3.48. The Morgan fingerprint density at radius 2 is 1.60 bits per heavy atom. The molecule has 2 fully saturated rings. The fourth-order valence-electron chi connectivity index (χ4n) is 4.55. The zero-order valence-electron chi connectivity index (χ0n) is 15.0. The number of hydrogen-bond donors (Lipinski definition) is 0. The number of carbonyl (C=O) groups is 2. The monoisotopic (exact) mass is 360 g/mol. The summed E-state index contributed by atoms with van der Waals surface area (Å²) in [7, 11) is 0. The van der Waals surface area contributed by atoms with Gasteiger partial charge in [0.2, 0.25) is 5.91 Å². The maximum atomic E-state index is 12.9. The zero-order valence-corrected chi connectivity index (χ0v) is 15.8. The third-order valence-electron chi connectivity index (χ3n) is 6.09. The molecule has 4 nitrogen and oxygen atoms in total. The second kappa shape index (κ2) is 7.48. The molecule has 0 bridgehead atoms. The number of piperidine rings is 2. The zero-order chi connectivity index (χ0) is 17.2. The molecule has 1 aromatic heterocycles. The van der Waals surface area contributed by atoms with Crippen molar-refractivity contribution >= 4 is 23.2 Å². The summed E-state index contributed by atoms with van der Waals surface area (Å²) < 4.78 is 0. The topological polar surface area (TPSA) is 40.6 Å². The average Bonchev–Trinajstić information content (AvgIpc) is 3.12. The summed E-state index contributed by atoms with van der Waals surface area (Å²) in [6.07, 6.45) is 9.85. The largest absolute Gasteiger partial charge is 0.342 e. The average molecular weight is 361 g/mol. The molecule has 4 rings (SSSR count). The minimum absolute atomic E-state index is 0.124.